The van der Waals surface area contributed by atoms with E-state index >= 15 is 0 Å². The molecule has 2 fully saturated rings. The maximum Gasteiger partial charge on any atom is 0.0234 e. The number of benzene rings is 1. The quantitative estimate of drug-likeness (QED) is 0.823. The van der Waals surface area contributed by atoms with Gasteiger partial charge in [-0.25, -0.2) is 0 Å². The van der Waals surface area contributed by atoms with Gasteiger partial charge in [-0.3, -0.25) is 0 Å². The minimum Gasteiger partial charge on any atom is -0.313 e. The van der Waals surface area contributed by atoms with E-state index in [1.165, 1.54) is 43.4 Å². The standard InChI is InChI=1S/C19H30N2/c1-3-20-12-17-6-4-5-7-18(17)13-21(2)14-19-11-15-8-9-16(19)10-15/h4-7,15-16,19-20H,3,8-14H2,1-2H3. The zero-order valence-corrected chi connectivity index (χ0v) is 13.6. The summed E-state index contributed by atoms with van der Waals surface area (Å²) in [7, 11) is 2.30. The van der Waals surface area contributed by atoms with E-state index in [9.17, 15) is 0 Å². The summed E-state index contributed by atoms with van der Waals surface area (Å²) in [5.41, 5.74) is 2.95. The van der Waals surface area contributed by atoms with Crippen LogP contribution in [0.15, 0.2) is 24.3 Å². The molecular formula is C19H30N2. The normalized spacial score (nSPS) is 27.7. The SMILES string of the molecule is CCNCc1ccccc1CN(C)CC1CC2CCC1C2. The van der Waals surface area contributed by atoms with Crippen LogP contribution in [-0.2, 0) is 13.1 Å². The highest BCUT2D eigenvalue weighted by molar-refractivity contribution is 5.27. The van der Waals surface area contributed by atoms with Crippen molar-refractivity contribution in [1.29, 1.82) is 0 Å². The molecule has 1 aromatic rings. The van der Waals surface area contributed by atoms with Crippen LogP contribution < -0.4 is 5.32 Å². The molecule has 1 aromatic carbocycles. The van der Waals surface area contributed by atoms with E-state index in [4.69, 9.17) is 0 Å². The van der Waals surface area contributed by atoms with Crippen LogP contribution in [0.4, 0.5) is 0 Å². The van der Waals surface area contributed by atoms with Crippen molar-refractivity contribution in [3.8, 4) is 0 Å². The van der Waals surface area contributed by atoms with Crippen molar-refractivity contribution in [3.05, 3.63) is 35.4 Å². The molecule has 3 atom stereocenters. The molecule has 1 N–H and O–H groups in total. The molecule has 3 unspecified atom stereocenters. The molecule has 0 aliphatic heterocycles. The summed E-state index contributed by atoms with van der Waals surface area (Å²) in [4.78, 5) is 2.55. The Morgan fingerprint density at radius 3 is 2.62 bits per heavy atom. The number of fused-ring (bicyclic) bond motifs is 2. The first-order valence-corrected chi connectivity index (χ1v) is 8.72. The van der Waals surface area contributed by atoms with Gasteiger partial charge in [-0.05, 0) is 61.7 Å². The van der Waals surface area contributed by atoms with Gasteiger partial charge in [0.2, 0.25) is 0 Å². The highest BCUT2D eigenvalue weighted by Gasteiger charge is 2.39. The lowest BCUT2D eigenvalue weighted by atomic mass is 9.88. The van der Waals surface area contributed by atoms with Crippen molar-refractivity contribution in [2.75, 3.05) is 20.1 Å². The van der Waals surface area contributed by atoms with Crippen molar-refractivity contribution in [1.82, 2.24) is 10.2 Å². The number of rotatable bonds is 7. The predicted molar refractivity (Wildman–Crippen MR) is 89.1 cm³/mol. The summed E-state index contributed by atoms with van der Waals surface area (Å²) in [5.74, 6) is 3.07. The Balaban J connectivity index is 1.55. The Kier molecular flexibility index (Phi) is 4.97. The van der Waals surface area contributed by atoms with Crippen LogP contribution in [-0.4, -0.2) is 25.0 Å². The molecule has 2 aliphatic carbocycles. The molecule has 2 nitrogen and oxygen atoms in total. The fourth-order valence-electron chi connectivity index (χ4n) is 4.50. The number of nitrogens with one attached hydrogen (secondary N) is 1. The summed E-state index contributed by atoms with van der Waals surface area (Å²) in [6.45, 7) is 6.58. The minimum absolute atomic E-state index is 0.967. The molecule has 0 spiro atoms. The molecule has 21 heavy (non-hydrogen) atoms. The van der Waals surface area contributed by atoms with Crippen LogP contribution in [0, 0.1) is 17.8 Å². The monoisotopic (exact) mass is 286 g/mol. The fourth-order valence-corrected chi connectivity index (χ4v) is 4.50. The molecule has 0 saturated heterocycles. The highest BCUT2D eigenvalue weighted by Crippen LogP contribution is 2.48. The average molecular weight is 286 g/mol. The van der Waals surface area contributed by atoms with Crippen LogP contribution in [0.5, 0.6) is 0 Å². The van der Waals surface area contributed by atoms with E-state index in [-0.39, 0.29) is 0 Å². The van der Waals surface area contributed by atoms with Crippen molar-refractivity contribution < 1.29 is 0 Å². The molecule has 2 bridgehead atoms. The van der Waals surface area contributed by atoms with Gasteiger partial charge < -0.3 is 10.2 Å². The second-order valence-corrected chi connectivity index (χ2v) is 7.18. The van der Waals surface area contributed by atoms with Gasteiger partial charge in [0.05, 0.1) is 0 Å². The Morgan fingerprint density at radius 1 is 1.14 bits per heavy atom. The molecule has 2 aliphatic rings. The Labute approximate surface area is 129 Å². The number of nitrogens with zero attached hydrogens (tertiary/aromatic N) is 1. The Hall–Kier alpha value is -0.860. The molecule has 0 aromatic heterocycles. The van der Waals surface area contributed by atoms with Gasteiger partial charge in [0.15, 0.2) is 0 Å². The second kappa shape index (κ2) is 6.93. The smallest absolute Gasteiger partial charge is 0.0234 e. The third kappa shape index (κ3) is 3.67. The van der Waals surface area contributed by atoms with Crippen LogP contribution in [0.2, 0.25) is 0 Å². The zero-order valence-electron chi connectivity index (χ0n) is 13.6. The van der Waals surface area contributed by atoms with E-state index in [2.05, 4.69) is 48.5 Å². The van der Waals surface area contributed by atoms with Gasteiger partial charge >= 0.3 is 0 Å². The molecule has 2 heteroatoms. The number of hydrogen-bond acceptors (Lipinski definition) is 2. The van der Waals surface area contributed by atoms with Crippen LogP contribution >= 0.6 is 0 Å². The summed E-state index contributed by atoms with van der Waals surface area (Å²) in [6, 6.07) is 8.90. The van der Waals surface area contributed by atoms with Crippen molar-refractivity contribution in [3.63, 3.8) is 0 Å². The van der Waals surface area contributed by atoms with E-state index in [0.717, 1.165) is 37.4 Å². The topological polar surface area (TPSA) is 15.3 Å². The van der Waals surface area contributed by atoms with Gasteiger partial charge in [0, 0.05) is 19.6 Å². The van der Waals surface area contributed by atoms with E-state index in [1.54, 1.807) is 0 Å². The third-order valence-electron chi connectivity index (χ3n) is 5.55. The predicted octanol–water partition coefficient (Wildman–Crippen LogP) is 3.66. The first-order chi connectivity index (χ1) is 10.3. The molecule has 2 saturated carbocycles. The molecule has 0 amide bonds. The Morgan fingerprint density at radius 2 is 1.95 bits per heavy atom. The van der Waals surface area contributed by atoms with Gasteiger partial charge in [0.1, 0.15) is 0 Å². The van der Waals surface area contributed by atoms with Gasteiger partial charge in [-0.2, -0.15) is 0 Å². The summed E-state index contributed by atoms with van der Waals surface area (Å²) >= 11 is 0. The molecule has 116 valence electrons. The molecule has 0 heterocycles. The second-order valence-electron chi connectivity index (χ2n) is 7.18. The van der Waals surface area contributed by atoms with Crippen LogP contribution in [0.1, 0.15) is 43.7 Å². The maximum atomic E-state index is 3.45. The van der Waals surface area contributed by atoms with Crippen molar-refractivity contribution in [2.24, 2.45) is 17.8 Å². The lowest BCUT2D eigenvalue weighted by Crippen LogP contribution is -2.29. The third-order valence-corrected chi connectivity index (χ3v) is 5.55. The Bertz CT molecular complexity index is 457. The first-order valence-electron chi connectivity index (χ1n) is 8.72. The van der Waals surface area contributed by atoms with Gasteiger partial charge in [-0.1, -0.05) is 37.6 Å². The van der Waals surface area contributed by atoms with Crippen LogP contribution in [0.3, 0.4) is 0 Å². The summed E-state index contributed by atoms with van der Waals surface area (Å²) < 4.78 is 0. The zero-order chi connectivity index (χ0) is 14.7. The molecular weight excluding hydrogens is 256 g/mol. The van der Waals surface area contributed by atoms with E-state index in [1.807, 2.05) is 0 Å². The van der Waals surface area contributed by atoms with E-state index < -0.39 is 0 Å². The molecule has 3 rings (SSSR count). The minimum atomic E-state index is 0.967. The lowest BCUT2D eigenvalue weighted by Gasteiger charge is -2.27. The van der Waals surface area contributed by atoms with Crippen molar-refractivity contribution in [2.45, 2.75) is 45.7 Å². The average Bonchev–Trinajstić information content (AvgIpc) is 3.09. The van der Waals surface area contributed by atoms with Gasteiger partial charge in [0.25, 0.3) is 0 Å². The van der Waals surface area contributed by atoms with E-state index in [0.29, 0.717) is 0 Å². The summed E-state index contributed by atoms with van der Waals surface area (Å²) in [6.07, 6.45) is 6.03. The first kappa shape index (κ1) is 15.1. The van der Waals surface area contributed by atoms with Crippen molar-refractivity contribution >= 4 is 0 Å². The fraction of sp³-hybridized carbons (Fsp3) is 0.684. The lowest BCUT2D eigenvalue weighted by molar-refractivity contribution is 0.214. The largest absolute Gasteiger partial charge is 0.313 e. The maximum absolute atomic E-state index is 3.45. The highest BCUT2D eigenvalue weighted by atomic mass is 15.1. The molecule has 0 radical (unpaired) electrons. The van der Waals surface area contributed by atoms with Gasteiger partial charge in [-0.15, -0.1) is 0 Å². The summed E-state index contributed by atoms with van der Waals surface area (Å²) in [5, 5.41) is 3.45. The number of hydrogen-bond donors (Lipinski definition) is 1. The van der Waals surface area contributed by atoms with Crippen LogP contribution in [0.25, 0.3) is 0 Å².